The van der Waals surface area contributed by atoms with E-state index in [1.807, 2.05) is 6.08 Å². The third-order valence-electron chi connectivity index (χ3n) is 2.20. The fraction of sp³-hybridized carbons (Fsp3) is 0.667. The summed E-state index contributed by atoms with van der Waals surface area (Å²) in [5.74, 6) is 0.479. The van der Waals surface area contributed by atoms with Crippen molar-refractivity contribution in [3.8, 4) is 0 Å². The largest absolute Gasteiger partial charge is 0.396 e. The first-order chi connectivity index (χ1) is 6.85. The fourth-order valence-electron chi connectivity index (χ4n) is 1.28. The van der Waals surface area contributed by atoms with Crippen LogP contribution >= 0.6 is 0 Å². The predicted octanol–water partition coefficient (Wildman–Crippen LogP) is 2.28. The van der Waals surface area contributed by atoms with Crippen molar-refractivity contribution in [2.24, 2.45) is 5.92 Å². The summed E-state index contributed by atoms with van der Waals surface area (Å²) in [4.78, 5) is 0. The van der Waals surface area contributed by atoms with E-state index in [4.69, 9.17) is 10.2 Å². The maximum absolute atomic E-state index is 8.67. The number of rotatable bonds is 9. The third-order valence-corrected chi connectivity index (χ3v) is 2.20. The molecule has 0 aromatic carbocycles. The van der Waals surface area contributed by atoms with E-state index in [1.165, 1.54) is 0 Å². The summed E-state index contributed by atoms with van der Waals surface area (Å²) in [6, 6.07) is 0. The van der Waals surface area contributed by atoms with Gasteiger partial charge < -0.3 is 10.2 Å². The van der Waals surface area contributed by atoms with Gasteiger partial charge in [-0.1, -0.05) is 18.2 Å². The molecule has 0 bridgehead atoms. The molecule has 0 rings (SSSR count). The highest BCUT2D eigenvalue weighted by molar-refractivity contribution is 4.89. The maximum Gasteiger partial charge on any atom is 0.0433 e. The molecule has 0 aliphatic rings. The minimum Gasteiger partial charge on any atom is -0.396 e. The lowest BCUT2D eigenvalue weighted by atomic mass is 9.99. The molecule has 0 heterocycles. The third kappa shape index (κ3) is 8.02. The Morgan fingerprint density at radius 2 is 1.79 bits per heavy atom. The van der Waals surface area contributed by atoms with Crippen LogP contribution in [0.3, 0.4) is 0 Å². The molecule has 2 N–H and O–H groups in total. The van der Waals surface area contributed by atoms with E-state index >= 15 is 0 Å². The Hall–Kier alpha value is -0.600. The van der Waals surface area contributed by atoms with Gasteiger partial charge in [0.1, 0.15) is 0 Å². The Balaban J connectivity index is 3.50. The van der Waals surface area contributed by atoms with Crippen molar-refractivity contribution in [2.75, 3.05) is 13.2 Å². The molecule has 0 radical (unpaired) electrons. The van der Waals surface area contributed by atoms with E-state index < -0.39 is 0 Å². The van der Waals surface area contributed by atoms with Crippen LogP contribution in [-0.2, 0) is 0 Å². The van der Waals surface area contributed by atoms with E-state index in [-0.39, 0.29) is 13.2 Å². The van der Waals surface area contributed by atoms with Gasteiger partial charge in [0.05, 0.1) is 0 Å². The number of hydrogen-bond acceptors (Lipinski definition) is 2. The predicted molar refractivity (Wildman–Crippen MR) is 60.1 cm³/mol. The normalized spacial score (nSPS) is 13.3. The summed E-state index contributed by atoms with van der Waals surface area (Å²) in [6.45, 7) is 4.30. The van der Waals surface area contributed by atoms with E-state index in [0.29, 0.717) is 5.92 Å². The molecule has 1 atom stereocenters. The molecule has 0 aliphatic carbocycles. The summed E-state index contributed by atoms with van der Waals surface area (Å²) in [5, 5.41) is 17.2. The second-order valence-corrected chi connectivity index (χ2v) is 3.43. The molecular weight excluding hydrogens is 176 g/mol. The Labute approximate surface area is 87.0 Å². The van der Waals surface area contributed by atoms with Crippen LogP contribution in [0.4, 0.5) is 0 Å². The average molecular weight is 198 g/mol. The van der Waals surface area contributed by atoms with E-state index in [2.05, 4.69) is 18.7 Å². The van der Waals surface area contributed by atoms with Crippen LogP contribution < -0.4 is 0 Å². The van der Waals surface area contributed by atoms with Crippen LogP contribution in [0.5, 0.6) is 0 Å². The second kappa shape index (κ2) is 10.5. The molecule has 82 valence electrons. The Morgan fingerprint density at radius 1 is 1.07 bits per heavy atom. The van der Waals surface area contributed by atoms with Crippen LogP contribution in [-0.4, -0.2) is 23.4 Å². The fourth-order valence-corrected chi connectivity index (χ4v) is 1.28. The SMILES string of the molecule is C=CC(C/C=C/CCCO)CCCO. The summed E-state index contributed by atoms with van der Waals surface area (Å²) in [7, 11) is 0. The van der Waals surface area contributed by atoms with Crippen LogP contribution in [0.2, 0.25) is 0 Å². The summed E-state index contributed by atoms with van der Waals surface area (Å²) in [5.41, 5.74) is 0. The first kappa shape index (κ1) is 13.4. The van der Waals surface area contributed by atoms with Crippen molar-refractivity contribution < 1.29 is 10.2 Å². The standard InChI is InChI=1S/C12H22O2/c1-2-12(9-7-11-14)8-5-3-4-6-10-13/h2-3,5,12-14H,1,4,6-11H2/b5-3+. The Bertz CT molecular complexity index is 152. The zero-order chi connectivity index (χ0) is 10.6. The zero-order valence-electron chi connectivity index (χ0n) is 8.86. The average Bonchev–Trinajstić information content (AvgIpc) is 2.22. The molecule has 2 heteroatoms. The summed E-state index contributed by atoms with van der Waals surface area (Å²) < 4.78 is 0. The Kier molecular flexibility index (Phi) is 10.0. The zero-order valence-corrected chi connectivity index (χ0v) is 8.86. The first-order valence-electron chi connectivity index (χ1n) is 5.34. The van der Waals surface area contributed by atoms with Gasteiger partial charge in [0.15, 0.2) is 0 Å². The van der Waals surface area contributed by atoms with Crippen molar-refractivity contribution in [3.63, 3.8) is 0 Å². The lowest BCUT2D eigenvalue weighted by molar-refractivity contribution is 0.277. The Morgan fingerprint density at radius 3 is 2.36 bits per heavy atom. The molecule has 0 aromatic heterocycles. The van der Waals surface area contributed by atoms with Crippen LogP contribution in [0.25, 0.3) is 0 Å². The van der Waals surface area contributed by atoms with Crippen LogP contribution in [0, 0.1) is 5.92 Å². The van der Waals surface area contributed by atoms with Gasteiger partial charge in [-0.05, 0) is 38.0 Å². The highest BCUT2D eigenvalue weighted by atomic mass is 16.3. The van der Waals surface area contributed by atoms with Crippen molar-refractivity contribution in [2.45, 2.75) is 32.1 Å². The molecule has 0 spiro atoms. The van der Waals surface area contributed by atoms with Gasteiger partial charge in [-0.3, -0.25) is 0 Å². The smallest absolute Gasteiger partial charge is 0.0433 e. The maximum atomic E-state index is 8.67. The lowest BCUT2D eigenvalue weighted by Crippen LogP contribution is -1.96. The topological polar surface area (TPSA) is 40.5 Å². The quantitative estimate of drug-likeness (QED) is 0.441. The van der Waals surface area contributed by atoms with Gasteiger partial charge in [0, 0.05) is 13.2 Å². The summed E-state index contributed by atoms with van der Waals surface area (Å²) >= 11 is 0. The number of hydrogen-bond donors (Lipinski definition) is 2. The molecular formula is C12H22O2. The molecule has 0 aliphatic heterocycles. The number of aliphatic hydroxyl groups excluding tert-OH is 2. The lowest BCUT2D eigenvalue weighted by Gasteiger charge is -2.07. The molecule has 0 amide bonds. The highest BCUT2D eigenvalue weighted by Gasteiger charge is 2.00. The number of allylic oxidation sites excluding steroid dienone is 3. The van der Waals surface area contributed by atoms with Gasteiger partial charge in [0.2, 0.25) is 0 Å². The molecule has 0 saturated heterocycles. The van der Waals surface area contributed by atoms with Crippen LogP contribution in [0.1, 0.15) is 32.1 Å². The van der Waals surface area contributed by atoms with E-state index in [1.54, 1.807) is 0 Å². The van der Waals surface area contributed by atoms with E-state index in [9.17, 15) is 0 Å². The molecule has 2 nitrogen and oxygen atoms in total. The van der Waals surface area contributed by atoms with Gasteiger partial charge in [-0.25, -0.2) is 0 Å². The van der Waals surface area contributed by atoms with Gasteiger partial charge in [0.25, 0.3) is 0 Å². The highest BCUT2D eigenvalue weighted by Crippen LogP contribution is 2.12. The van der Waals surface area contributed by atoms with Crippen molar-refractivity contribution in [1.29, 1.82) is 0 Å². The summed E-state index contributed by atoms with van der Waals surface area (Å²) in [6.07, 6.45) is 10.8. The molecule has 0 fully saturated rings. The van der Waals surface area contributed by atoms with Crippen molar-refractivity contribution >= 4 is 0 Å². The molecule has 0 aromatic rings. The minimum atomic E-state index is 0.262. The number of aliphatic hydroxyl groups is 2. The van der Waals surface area contributed by atoms with Crippen molar-refractivity contribution in [3.05, 3.63) is 24.8 Å². The van der Waals surface area contributed by atoms with E-state index in [0.717, 1.165) is 32.1 Å². The molecule has 0 saturated carbocycles. The van der Waals surface area contributed by atoms with Gasteiger partial charge in [-0.15, -0.1) is 6.58 Å². The molecule has 1 unspecified atom stereocenters. The minimum absolute atomic E-state index is 0.262. The second-order valence-electron chi connectivity index (χ2n) is 3.43. The monoisotopic (exact) mass is 198 g/mol. The number of unbranched alkanes of at least 4 members (excludes halogenated alkanes) is 1. The first-order valence-corrected chi connectivity index (χ1v) is 5.34. The van der Waals surface area contributed by atoms with Gasteiger partial charge >= 0.3 is 0 Å². The van der Waals surface area contributed by atoms with Crippen molar-refractivity contribution in [1.82, 2.24) is 0 Å². The van der Waals surface area contributed by atoms with Gasteiger partial charge in [-0.2, -0.15) is 0 Å². The van der Waals surface area contributed by atoms with Crippen LogP contribution in [0.15, 0.2) is 24.8 Å². The molecule has 14 heavy (non-hydrogen) atoms.